The second-order valence-corrected chi connectivity index (χ2v) is 8.51. The molecule has 1 aromatic carbocycles. The van der Waals surface area contributed by atoms with Crippen molar-refractivity contribution in [3.05, 3.63) is 71.9 Å². The molecule has 2 N–H and O–H groups in total. The minimum atomic E-state index is -4.98. The van der Waals surface area contributed by atoms with Gasteiger partial charge in [-0.25, -0.2) is 9.37 Å². The van der Waals surface area contributed by atoms with Crippen LogP contribution in [0, 0.1) is 17.7 Å². The summed E-state index contributed by atoms with van der Waals surface area (Å²) < 4.78 is 63.2. The lowest BCUT2D eigenvalue weighted by atomic mass is 10.1. The third-order valence-electron chi connectivity index (χ3n) is 5.48. The monoisotopic (exact) mass is 544 g/mol. The highest BCUT2D eigenvalue weighted by atomic mass is 19.4. The lowest BCUT2D eigenvalue weighted by Gasteiger charge is -2.20. The minimum absolute atomic E-state index is 0.0428. The minimum Gasteiger partial charge on any atom is -0.487 e. The number of benzene rings is 1. The third-order valence-corrected chi connectivity index (χ3v) is 5.48. The second-order valence-electron chi connectivity index (χ2n) is 8.51. The molecule has 0 saturated heterocycles. The number of halogens is 4. The fourth-order valence-electron chi connectivity index (χ4n) is 3.30. The Morgan fingerprint density at radius 2 is 1.95 bits per heavy atom. The highest BCUT2D eigenvalue weighted by Crippen LogP contribution is 2.31. The Balaban J connectivity index is 1.49. The van der Waals surface area contributed by atoms with Gasteiger partial charge in [0.05, 0.1) is 0 Å². The highest BCUT2D eigenvalue weighted by Gasteiger charge is 2.49. The standard InChI is InChI=1S/C26H20F4N4O5/c1-25(37,26(28,29)30)10-8-16-6-7-21-22(32-16)34(2)24(36)20(14-38-21)33-23(35)19-13-18(9-11-31-19)39-17-5-3-4-15(27)12-17/h3-7,9,11-13,20,37H,14H2,1-2H3,(H,33,35)/t20-,25?/m0/s1. The third kappa shape index (κ3) is 6.24. The first-order valence-electron chi connectivity index (χ1n) is 11.3. The summed E-state index contributed by atoms with van der Waals surface area (Å²) >= 11 is 0. The highest BCUT2D eigenvalue weighted by molar-refractivity contribution is 6.02. The van der Waals surface area contributed by atoms with Crippen LogP contribution in [0.15, 0.2) is 54.7 Å². The van der Waals surface area contributed by atoms with Crippen molar-refractivity contribution in [2.24, 2.45) is 0 Å². The maximum Gasteiger partial charge on any atom is 0.428 e. The molecule has 3 aromatic rings. The molecule has 2 amide bonds. The number of likely N-dealkylation sites (N-methyl/N-ethyl adjacent to an activating group) is 1. The smallest absolute Gasteiger partial charge is 0.428 e. The van der Waals surface area contributed by atoms with Gasteiger partial charge in [0.25, 0.3) is 11.8 Å². The number of amides is 2. The van der Waals surface area contributed by atoms with Crippen LogP contribution in [0.25, 0.3) is 0 Å². The molecule has 0 spiro atoms. The lowest BCUT2D eigenvalue weighted by molar-refractivity contribution is -0.228. The van der Waals surface area contributed by atoms with Crippen molar-refractivity contribution in [3.8, 4) is 29.1 Å². The van der Waals surface area contributed by atoms with Gasteiger partial charge in [0.15, 0.2) is 11.6 Å². The Morgan fingerprint density at radius 1 is 1.21 bits per heavy atom. The van der Waals surface area contributed by atoms with E-state index in [9.17, 15) is 32.3 Å². The Labute approximate surface area is 219 Å². The van der Waals surface area contributed by atoms with Crippen molar-refractivity contribution in [1.82, 2.24) is 15.3 Å². The number of ether oxygens (including phenoxy) is 2. The SMILES string of the molecule is CN1C(=O)[C@@H](NC(=O)c2cc(Oc3cccc(F)c3)ccn2)COc2ccc(C#CC(C)(O)C(F)(F)F)nc21. The number of carbonyl (C=O) groups excluding carboxylic acids is 2. The second kappa shape index (κ2) is 10.6. The first kappa shape index (κ1) is 27.3. The van der Waals surface area contributed by atoms with Gasteiger partial charge in [-0.2, -0.15) is 13.2 Å². The molecule has 202 valence electrons. The molecule has 2 aromatic heterocycles. The zero-order chi connectivity index (χ0) is 28.4. The number of alkyl halides is 3. The van der Waals surface area contributed by atoms with E-state index in [1.165, 1.54) is 61.8 Å². The number of hydrogen-bond donors (Lipinski definition) is 2. The van der Waals surface area contributed by atoms with E-state index in [1.54, 1.807) is 5.92 Å². The fraction of sp³-hybridized carbons (Fsp3) is 0.231. The number of anilines is 1. The molecule has 3 heterocycles. The average molecular weight is 544 g/mol. The van der Waals surface area contributed by atoms with Crippen molar-refractivity contribution in [2.75, 3.05) is 18.6 Å². The first-order chi connectivity index (χ1) is 18.3. The molecule has 1 aliphatic heterocycles. The van der Waals surface area contributed by atoms with Crippen LogP contribution in [0.4, 0.5) is 23.4 Å². The molecule has 0 aliphatic carbocycles. The number of hydrogen-bond acceptors (Lipinski definition) is 7. The molecule has 0 fully saturated rings. The fourth-order valence-corrected chi connectivity index (χ4v) is 3.30. The van der Waals surface area contributed by atoms with Crippen LogP contribution in [-0.4, -0.2) is 58.4 Å². The molecular formula is C26H20F4N4O5. The van der Waals surface area contributed by atoms with Gasteiger partial charge in [-0.1, -0.05) is 12.0 Å². The molecule has 1 unspecified atom stereocenters. The van der Waals surface area contributed by atoms with Crippen molar-refractivity contribution in [2.45, 2.75) is 24.7 Å². The van der Waals surface area contributed by atoms with Crippen LogP contribution < -0.4 is 19.7 Å². The predicted octanol–water partition coefficient (Wildman–Crippen LogP) is 3.23. The maximum absolute atomic E-state index is 13.4. The summed E-state index contributed by atoms with van der Waals surface area (Å²) in [6.45, 7) is 0.227. The van der Waals surface area contributed by atoms with E-state index in [-0.39, 0.29) is 41.1 Å². The number of nitrogens with one attached hydrogen (secondary N) is 1. The molecule has 0 radical (unpaired) electrons. The van der Waals surface area contributed by atoms with Crippen molar-refractivity contribution < 1.29 is 41.7 Å². The van der Waals surface area contributed by atoms with Gasteiger partial charge in [-0.3, -0.25) is 19.5 Å². The van der Waals surface area contributed by atoms with Crippen LogP contribution >= 0.6 is 0 Å². The quantitative estimate of drug-likeness (QED) is 0.383. The van der Waals surface area contributed by atoms with E-state index in [4.69, 9.17) is 9.47 Å². The van der Waals surface area contributed by atoms with Gasteiger partial charge in [-0.15, -0.1) is 0 Å². The Kier molecular flexibility index (Phi) is 7.42. The maximum atomic E-state index is 13.4. The summed E-state index contributed by atoms with van der Waals surface area (Å²) in [6, 6.07) is 9.63. The Morgan fingerprint density at radius 3 is 2.67 bits per heavy atom. The van der Waals surface area contributed by atoms with Gasteiger partial charge >= 0.3 is 6.18 Å². The zero-order valence-electron chi connectivity index (χ0n) is 20.4. The van der Waals surface area contributed by atoms with E-state index in [0.717, 1.165) is 4.90 Å². The van der Waals surface area contributed by atoms with E-state index in [0.29, 0.717) is 6.92 Å². The van der Waals surface area contributed by atoms with Gasteiger partial charge in [-0.05, 0) is 43.2 Å². The van der Waals surface area contributed by atoms with Gasteiger partial charge in [0.2, 0.25) is 5.60 Å². The summed E-state index contributed by atoms with van der Waals surface area (Å²) in [7, 11) is 1.34. The van der Waals surface area contributed by atoms with Crippen LogP contribution in [-0.2, 0) is 4.79 Å². The first-order valence-corrected chi connectivity index (χ1v) is 11.3. The summed E-state index contributed by atoms with van der Waals surface area (Å²) in [6.07, 6.45) is -3.67. The average Bonchev–Trinajstić information content (AvgIpc) is 2.99. The lowest BCUT2D eigenvalue weighted by Crippen LogP contribution is -2.49. The number of carbonyl (C=O) groups is 2. The number of rotatable bonds is 4. The molecule has 0 saturated carbocycles. The predicted molar refractivity (Wildman–Crippen MR) is 129 cm³/mol. The Bertz CT molecular complexity index is 1480. The number of pyridine rings is 2. The topological polar surface area (TPSA) is 114 Å². The zero-order valence-corrected chi connectivity index (χ0v) is 20.4. The summed E-state index contributed by atoms with van der Waals surface area (Å²) in [5.74, 6) is 2.51. The molecule has 9 nitrogen and oxygen atoms in total. The van der Waals surface area contributed by atoms with E-state index >= 15 is 0 Å². The molecule has 13 heteroatoms. The summed E-state index contributed by atoms with van der Waals surface area (Å²) in [4.78, 5) is 35.0. The number of aliphatic hydroxyl groups is 1. The van der Waals surface area contributed by atoms with Gasteiger partial charge in [0, 0.05) is 25.4 Å². The summed E-state index contributed by atoms with van der Waals surface area (Å²) in [5, 5.41) is 12.0. The van der Waals surface area contributed by atoms with Gasteiger partial charge < -0.3 is 19.9 Å². The van der Waals surface area contributed by atoms with Gasteiger partial charge in [0.1, 0.15) is 41.4 Å². The molecule has 39 heavy (non-hydrogen) atoms. The van der Waals surface area contributed by atoms with Crippen LogP contribution in [0.2, 0.25) is 0 Å². The van der Waals surface area contributed by atoms with Crippen molar-refractivity contribution >= 4 is 17.6 Å². The van der Waals surface area contributed by atoms with E-state index in [1.807, 2.05) is 0 Å². The van der Waals surface area contributed by atoms with E-state index < -0.39 is 35.5 Å². The molecule has 0 bridgehead atoms. The van der Waals surface area contributed by atoms with Crippen LogP contribution in [0.5, 0.6) is 17.2 Å². The molecule has 1 aliphatic rings. The van der Waals surface area contributed by atoms with Crippen LogP contribution in [0.3, 0.4) is 0 Å². The number of fused-ring (bicyclic) bond motifs is 1. The normalized spacial score (nSPS) is 16.5. The van der Waals surface area contributed by atoms with Crippen molar-refractivity contribution in [3.63, 3.8) is 0 Å². The molecular weight excluding hydrogens is 524 g/mol. The number of nitrogens with zero attached hydrogens (tertiary/aromatic N) is 3. The molecule has 2 atom stereocenters. The largest absolute Gasteiger partial charge is 0.487 e. The number of aromatic nitrogens is 2. The van der Waals surface area contributed by atoms with Crippen LogP contribution in [0.1, 0.15) is 23.1 Å². The van der Waals surface area contributed by atoms with E-state index in [2.05, 4.69) is 21.2 Å². The van der Waals surface area contributed by atoms with Crippen molar-refractivity contribution in [1.29, 1.82) is 0 Å². The Hall–Kier alpha value is -4.70. The molecule has 4 rings (SSSR count). The summed E-state index contributed by atoms with van der Waals surface area (Å²) in [5.41, 5.74) is -3.50.